The molecular formula is C16H24N2O2. The first-order valence-electron chi connectivity index (χ1n) is 7.56. The SMILES string of the molecule is CC(C)Oc1ccccc1C(NN)C1CC2CCC1O2. The van der Waals surface area contributed by atoms with Crippen molar-refractivity contribution in [3.8, 4) is 5.75 Å². The highest BCUT2D eigenvalue weighted by molar-refractivity contribution is 5.37. The van der Waals surface area contributed by atoms with Crippen molar-refractivity contribution in [3.63, 3.8) is 0 Å². The monoisotopic (exact) mass is 276 g/mol. The Kier molecular flexibility index (Phi) is 3.96. The van der Waals surface area contributed by atoms with Gasteiger partial charge in [0.2, 0.25) is 0 Å². The van der Waals surface area contributed by atoms with Crippen molar-refractivity contribution in [2.45, 2.75) is 57.5 Å². The van der Waals surface area contributed by atoms with E-state index in [-0.39, 0.29) is 12.1 Å². The number of nitrogens with two attached hydrogens (primary N) is 1. The number of rotatable bonds is 5. The Labute approximate surface area is 120 Å². The van der Waals surface area contributed by atoms with E-state index in [1.807, 2.05) is 32.0 Å². The van der Waals surface area contributed by atoms with E-state index in [1.165, 1.54) is 6.42 Å². The molecule has 2 aliphatic rings. The third-order valence-electron chi connectivity index (χ3n) is 4.38. The second-order valence-corrected chi connectivity index (χ2v) is 6.12. The largest absolute Gasteiger partial charge is 0.491 e. The van der Waals surface area contributed by atoms with Gasteiger partial charge in [-0.05, 0) is 39.2 Å². The quantitative estimate of drug-likeness (QED) is 0.641. The van der Waals surface area contributed by atoms with Gasteiger partial charge < -0.3 is 9.47 Å². The summed E-state index contributed by atoms with van der Waals surface area (Å²) in [4.78, 5) is 0. The minimum absolute atomic E-state index is 0.0975. The minimum Gasteiger partial charge on any atom is -0.491 e. The summed E-state index contributed by atoms with van der Waals surface area (Å²) in [5.41, 5.74) is 4.14. The molecule has 4 nitrogen and oxygen atoms in total. The zero-order valence-electron chi connectivity index (χ0n) is 12.2. The van der Waals surface area contributed by atoms with Crippen molar-refractivity contribution in [2.24, 2.45) is 11.8 Å². The average molecular weight is 276 g/mol. The molecule has 3 N–H and O–H groups in total. The van der Waals surface area contributed by atoms with Gasteiger partial charge in [-0.15, -0.1) is 0 Å². The summed E-state index contributed by atoms with van der Waals surface area (Å²) in [6.07, 6.45) is 4.37. The van der Waals surface area contributed by atoms with Crippen LogP contribution < -0.4 is 16.0 Å². The molecule has 4 unspecified atom stereocenters. The second-order valence-electron chi connectivity index (χ2n) is 6.12. The van der Waals surface area contributed by atoms with E-state index < -0.39 is 0 Å². The molecule has 0 aliphatic carbocycles. The fraction of sp³-hybridized carbons (Fsp3) is 0.625. The minimum atomic E-state index is 0.0975. The van der Waals surface area contributed by atoms with Crippen LogP contribution in [-0.4, -0.2) is 18.3 Å². The first kappa shape index (κ1) is 13.9. The molecule has 3 rings (SSSR count). The van der Waals surface area contributed by atoms with Crippen LogP contribution in [0.3, 0.4) is 0 Å². The van der Waals surface area contributed by atoms with Crippen LogP contribution in [0.4, 0.5) is 0 Å². The lowest BCUT2D eigenvalue weighted by molar-refractivity contribution is 0.0853. The van der Waals surface area contributed by atoms with Crippen molar-refractivity contribution in [1.29, 1.82) is 0 Å². The summed E-state index contributed by atoms with van der Waals surface area (Å²) < 4.78 is 11.9. The van der Waals surface area contributed by atoms with E-state index in [0.717, 1.165) is 24.2 Å². The third-order valence-corrected chi connectivity index (χ3v) is 4.38. The molecule has 110 valence electrons. The highest BCUT2D eigenvalue weighted by Gasteiger charge is 2.45. The zero-order chi connectivity index (χ0) is 14.1. The lowest BCUT2D eigenvalue weighted by atomic mass is 9.81. The Morgan fingerprint density at radius 1 is 1.30 bits per heavy atom. The van der Waals surface area contributed by atoms with Gasteiger partial charge in [0, 0.05) is 11.5 Å². The van der Waals surface area contributed by atoms with Crippen molar-refractivity contribution in [3.05, 3.63) is 29.8 Å². The Bertz CT molecular complexity index is 464. The number of benzene rings is 1. The Morgan fingerprint density at radius 2 is 2.10 bits per heavy atom. The highest BCUT2D eigenvalue weighted by atomic mass is 16.5. The summed E-state index contributed by atoms with van der Waals surface area (Å²) >= 11 is 0. The first-order valence-corrected chi connectivity index (χ1v) is 7.56. The second kappa shape index (κ2) is 5.72. The molecule has 0 spiro atoms. The van der Waals surface area contributed by atoms with Crippen molar-refractivity contribution in [1.82, 2.24) is 5.43 Å². The molecule has 0 saturated carbocycles. The standard InChI is InChI=1S/C16H24N2O2/c1-10(2)19-14-6-4-3-5-12(14)16(18-17)13-9-11-7-8-15(13)20-11/h3-6,10-11,13,15-16,18H,7-9,17H2,1-2H3. The topological polar surface area (TPSA) is 56.5 Å². The molecule has 2 fully saturated rings. The van der Waals surface area contributed by atoms with E-state index in [4.69, 9.17) is 15.3 Å². The van der Waals surface area contributed by atoms with Gasteiger partial charge in [-0.3, -0.25) is 11.3 Å². The fourth-order valence-electron chi connectivity index (χ4n) is 3.57. The lowest BCUT2D eigenvalue weighted by Gasteiger charge is -2.29. The average Bonchev–Trinajstić information content (AvgIpc) is 3.03. The smallest absolute Gasteiger partial charge is 0.124 e. The van der Waals surface area contributed by atoms with E-state index in [0.29, 0.717) is 18.1 Å². The normalized spacial score (nSPS) is 29.9. The number of fused-ring (bicyclic) bond motifs is 2. The van der Waals surface area contributed by atoms with E-state index in [9.17, 15) is 0 Å². The maximum atomic E-state index is 5.97. The van der Waals surface area contributed by atoms with Crippen LogP contribution in [0.1, 0.15) is 44.7 Å². The van der Waals surface area contributed by atoms with Gasteiger partial charge >= 0.3 is 0 Å². The molecule has 2 bridgehead atoms. The van der Waals surface area contributed by atoms with Crippen LogP contribution >= 0.6 is 0 Å². The number of nitrogens with one attached hydrogen (secondary N) is 1. The molecule has 1 aromatic rings. The molecule has 0 radical (unpaired) electrons. The van der Waals surface area contributed by atoms with Crippen molar-refractivity contribution >= 4 is 0 Å². The molecule has 0 aromatic heterocycles. The van der Waals surface area contributed by atoms with Gasteiger partial charge in [0.25, 0.3) is 0 Å². The van der Waals surface area contributed by atoms with Gasteiger partial charge in [0.1, 0.15) is 5.75 Å². The van der Waals surface area contributed by atoms with E-state index in [2.05, 4.69) is 11.5 Å². The van der Waals surface area contributed by atoms with Gasteiger partial charge in [0.05, 0.1) is 24.4 Å². The molecule has 0 amide bonds. The van der Waals surface area contributed by atoms with Crippen molar-refractivity contribution in [2.75, 3.05) is 0 Å². The lowest BCUT2D eigenvalue weighted by Crippen LogP contribution is -2.38. The molecule has 4 atom stereocenters. The molecule has 2 heterocycles. The van der Waals surface area contributed by atoms with Gasteiger partial charge in [-0.1, -0.05) is 18.2 Å². The summed E-state index contributed by atoms with van der Waals surface area (Å²) in [6.45, 7) is 4.09. The summed E-state index contributed by atoms with van der Waals surface area (Å²) in [5, 5.41) is 0. The summed E-state index contributed by atoms with van der Waals surface area (Å²) in [7, 11) is 0. The summed E-state index contributed by atoms with van der Waals surface area (Å²) in [6, 6.07) is 8.27. The number of ether oxygens (including phenoxy) is 2. The Balaban J connectivity index is 1.85. The zero-order valence-corrected chi connectivity index (χ0v) is 12.2. The van der Waals surface area contributed by atoms with Crippen LogP contribution in [0.2, 0.25) is 0 Å². The molecule has 4 heteroatoms. The Morgan fingerprint density at radius 3 is 2.70 bits per heavy atom. The van der Waals surface area contributed by atoms with E-state index in [1.54, 1.807) is 0 Å². The highest BCUT2D eigenvalue weighted by Crippen LogP contribution is 2.45. The van der Waals surface area contributed by atoms with Gasteiger partial charge in [-0.2, -0.15) is 0 Å². The molecule has 2 aliphatic heterocycles. The Hall–Kier alpha value is -1.10. The number of hydrogen-bond donors (Lipinski definition) is 2. The van der Waals surface area contributed by atoms with Crippen molar-refractivity contribution < 1.29 is 9.47 Å². The summed E-state index contributed by atoms with van der Waals surface area (Å²) in [5.74, 6) is 7.22. The van der Waals surface area contributed by atoms with Crippen LogP contribution in [0, 0.1) is 5.92 Å². The molecule has 20 heavy (non-hydrogen) atoms. The fourth-order valence-corrected chi connectivity index (χ4v) is 3.57. The van der Waals surface area contributed by atoms with Crippen LogP contribution in [0.5, 0.6) is 5.75 Å². The molecule has 2 saturated heterocycles. The number of hydrogen-bond acceptors (Lipinski definition) is 4. The number of hydrazine groups is 1. The molecular weight excluding hydrogens is 252 g/mol. The van der Waals surface area contributed by atoms with Gasteiger partial charge in [0.15, 0.2) is 0 Å². The predicted octanol–water partition coefficient (Wildman–Crippen LogP) is 2.55. The first-order chi connectivity index (χ1) is 9.69. The van der Waals surface area contributed by atoms with Gasteiger partial charge in [-0.25, -0.2) is 0 Å². The third kappa shape index (κ3) is 2.55. The number of para-hydroxylation sites is 1. The van der Waals surface area contributed by atoms with Crippen LogP contribution in [-0.2, 0) is 4.74 Å². The maximum absolute atomic E-state index is 5.97. The van der Waals surface area contributed by atoms with Crippen LogP contribution in [0.15, 0.2) is 24.3 Å². The van der Waals surface area contributed by atoms with Crippen LogP contribution in [0.25, 0.3) is 0 Å². The van der Waals surface area contributed by atoms with E-state index >= 15 is 0 Å². The maximum Gasteiger partial charge on any atom is 0.124 e. The molecule has 1 aromatic carbocycles. The predicted molar refractivity (Wildman–Crippen MR) is 78.3 cm³/mol.